The second-order valence-electron chi connectivity index (χ2n) is 2.29. The van der Waals surface area contributed by atoms with Crippen molar-refractivity contribution in [1.82, 2.24) is 14.5 Å². The molecule has 4 nitrogen and oxygen atoms in total. The van der Waals surface area contributed by atoms with Gasteiger partial charge in [-0.2, -0.15) is 0 Å². The van der Waals surface area contributed by atoms with Crippen molar-refractivity contribution in [2.75, 3.05) is 5.73 Å². The molecule has 0 amide bonds. The lowest BCUT2D eigenvalue weighted by molar-refractivity contribution is 1.01. The van der Waals surface area contributed by atoms with Crippen molar-refractivity contribution in [3.63, 3.8) is 0 Å². The Morgan fingerprint density at radius 3 is 3.00 bits per heavy atom. The number of hydrogen-bond donors (Lipinski definition) is 2. The zero-order valence-electron chi connectivity index (χ0n) is 5.86. The Labute approximate surface area is 63.7 Å². The summed E-state index contributed by atoms with van der Waals surface area (Å²) < 4.78 is 1.86. The van der Waals surface area contributed by atoms with E-state index in [0.717, 1.165) is 11.5 Å². The summed E-state index contributed by atoms with van der Waals surface area (Å²) in [7, 11) is 0. The number of nitrogens with zero attached hydrogens (tertiary/aromatic N) is 2. The second-order valence-corrected chi connectivity index (χ2v) is 2.29. The van der Waals surface area contributed by atoms with Crippen molar-refractivity contribution in [2.45, 2.75) is 0 Å². The van der Waals surface area contributed by atoms with E-state index in [1.807, 2.05) is 16.8 Å². The van der Waals surface area contributed by atoms with Crippen molar-refractivity contribution in [3.05, 3.63) is 31.0 Å². The van der Waals surface area contributed by atoms with E-state index in [2.05, 4.69) is 9.97 Å². The van der Waals surface area contributed by atoms with Crippen LogP contribution in [0.5, 0.6) is 0 Å². The molecule has 0 aromatic carbocycles. The molecule has 0 radical (unpaired) electrons. The van der Waals surface area contributed by atoms with Crippen LogP contribution in [0.15, 0.2) is 31.0 Å². The summed E-state index contributed by atoms with van der Waals surface area (Å²) in [5, 5.41) is 0. The summed E-state index contributed by atoms with van der Waals surface area (Å²) in [5.41, 5.74) is 6.25. The van der Waals surface area contributed by atoms with Crippen LogP contribution in [0.1, 0.15) is 0 Å². The van der Waals surface area contributed by atoms with E-state index < -0.39 is 0 Å². The molecule has 0 aliphatic heterocycles. The minimum Gasteiger partial charge on any atom is -0.397 e. The van der Waals surface area contributed by atoms with E-state index in [1.54, 1.807) is 18.7 Å². The summed E-state index contributed by atoms with van der Waals surface area (Å²) in [5.74, 6) is 0.931. The largest absolute Gasteiger partial charge is 0.397 e. The van der Waals surface area contributed by atoms with Crippen molar-refractivity contribution in [1.29, 1.82) is 0 Å². The van der Waals surface area contributed by atoms with Crippen LogP contribution < -0.4 is 5.73 Å². The van der Waals surface area contributed by atoms with Crippen LogP contribution in [-0.4, -0.2) is 14.5 Å². The first-order chi connectivity index (χ1) is 5.36. The average molecular weight is 148 g/mol. The second kappa shape index (κ2) is 2.16. The highest BCUT2D eigenvalue weighted by atomic mass is 15.1. The topological polar surface area (TPSA) is 59.6 Å². The molecule has 4 heteroatoms. The highest BCUT2D eigenvalue weighted by molar-refractivity contribution is 5.43. The molecule has 2 rings (SSSR count). The van der Waals surface area contributed by atoms with Gasteiger partial charge in [-0.3, -0.25) is 4.57 Å². The minimum absolute atomic E-state index is 0.730. The first-order valence-corrected chi connectivity index (χ1v) is 3.28. The number of nitrogens with two attached hydrogens (primary N) is 1. The number of hydrogen-bond acceptors (Lipinski definition) is 2. The van der Waals surface area contributed by atoms with Crippen LogP contribution in [0, 0.1) is 0 Å². The minimum atomic E-state index is 0.730. The van der Waals surface area contributed by atoms with Gasteiger partial charge in [0, 0.05) is 24.7 Å². The number of anilines is 1. The zero-order valence-corrected chi connectivity index (χ0v) is 5.86. The third-order valence-electron chi connectivity index (χ3n) is 1.47. The lowest BCUT2D eigenvalue weighted by atomic mass is 10.5. The summed E-state index contributed by atoms with van der Waals surface area (Å²) in [6.45, 7) is 0. The van der Waals surface area contributed by atoms with Crippen LogP contribution in [-0.2, 0) is 0 Å². The monoisotopic (exact) mass is 148 g/mol. The molecule has 11 heavy (non-hydrogen) atoms. The Balaban J connectivity index is 2.45. The molecule has 0 saturated heterocycles. The zero-order chi connectivity index (χ0) is 7.68. The first-order valence-electron chi connectivity index (χ1n) is 3.28. The third kappa shape index (κ3) is 0.980. The molecule has 56 valence electrons. The van der Waals surface area contributed by atoms with Gasteiger partial charge in [-0.05, 0) is 0 Å². The predicted octanol–water partition coefficient (Wildman–Crippen LogP) is 0.783. The highest BCUT2D eigenvalue weighted by Crippen LogP contribution is 2.08. The molecule has 0 fully saturated rings. The van der Waals surface area contributed by atoms with Gasteiger partial charge in [0.05, 0.1) is 5.69 Å². The van der Waals surface area contributed by atoms with Gasteiger partial charge in [-0.15, -0.1) is 0 Å². The van der Waals surface area contributed by atoms with Gasteiger partial charge < -0.3 is 10.7 Å². The lowest BCUT2D eigenvalue weighted by Crippen LogP contribution is -1.88. The van der Waals surface area contributed by atoms with Crippen molar-refractivity contribution in [2.24, 2.45) is 0 Å². The molecule has 0 aliphatic carbocycles. The van der Waals surface area contributed by atoms with Gasteiger partial charge in [-0.1, -0.05) is 0 Å². The Morgan fingerprint density at radius 1 is 1.55 bits per heavy atom. The van der Waals surface area contributed by atoms with Crippen LogP contribution in [0.3, 0.4) is 0 Å². The van der Waals surface area contributed by atoms with Gasteiger partial charge in [0.1, 0.15) is 12.1 Å². The van der Waals surface area contributed by atoms with Gasteiger partial charge in [0.15, 0.2) is 0 Å². The Hall–Kier alpha value is -1.71. The van der Waals surface area contributed by atoms with Gasteiger partial charge in [-0.25, -0.2) is 4.98 Å². The van der Waals surface area contributed by atoms with Crippen molar-refractivity contribution >= 4 is 5.69 Å². The highest BCUT2D eigenvalue weighted by Gasteiger charge is 1.95. The molecule has 2 heterocycles. The summed E-state index contributed by atoms with van der Waals surface area (Å²) in [6.07, 6.45) is 7.03. The number of rotatable bonds is 1. The number of imidazole rings is 1. The van der Waals surface area contributed by atoms with E-state index in [9.17, 15) is 0 Å². The van der Waals surface area contributed by atoms with Crippen LogP contribution in [0.2, 0.25) is 0 Å². The molecular weight excluding hydrogens is 140 g/mol. The quantitative estimate of drug-likeness (QED) is 0.627. The van der Waals surface area contributed by atoms with E-state index in [4.69, 9.17) is 5.73 Å². The predicted molar refractivity (Wildman–Crippen MR) is 42.3 cm³/mol. The lowest BCUT2D eigenvalue weighted by Gasteiger charge is -1.93. The summed E-state index contributed by atoms with van der Waals surface area (Å²) in [6, 6.07) is 1.85. The van der Waals surface area contributed by atoms with Gasteiger partial charge in [0.2, 0.25) is 0 Å². The molecule has 2 aromatic rings. The van der Waals surface area contributed by atoms with Crippen molar-refractivity contribution in [3.8, 4) is 5.82 Å². The fourth-order valence-electron chi connectivity index (χ4n) is 0.949. The van der Waals surface area contributed by atoms with E-state index in [0.29, 0.717) is 0 Å². The molecule has 3 N–H and O–H groups in total. The third-order valence-corrected chi connectivity index (χ3v) is 1.47. The number of nitrogens with one attached hydrogen (secondary N) is 1. The first kappa shape index (κ1) is 6.03. The van der Waals surface area contributed by atoms with Crippen LogP contribution >= 0.6 is 0 Å². The maximum Gasteiger partial charge on any atom is 0.117 e. The molecule has 0 atom stereocenters. The van der Waals surface area contributed by atoms with Crippen molar-refractivity contribution < 1.29 is 0 Å². The Morgan fingerprint density at radius 2 is 2.45 bits per heavy atom. The molecule has 2 aromatic heterocycles. The standard InChI is InChI=1S/C7H8N4/c8-6-3-7(10-4-6)11-2-1-9-5-11/h1-5,10H,8H2. The maximum atomic E-state index is 5.52. The fraction of sp³-hybridized carbons (Fsp3) is 0. The fourth-order valence-corrected chi connectivity index (χ4v) is 0.949. The van der Waals surface area contributed by atoms with E-state index in [1.165, 1.54) is 0 Å². The molecule has 0 aliphatic rings. The molecule has 0 saturated carbocycles. The number of aromatic amines is 1. The maximum absolute atomic E-state index is 5.52. The number of nitrogen functional groups attached to an aromatic ring is 1. The summed E-state index contributed by atoms with van der Waals surface area (Å²) in [4.78, 5) is 6.92. The Bertz CT molecular complexity index is 333. The molecule has 0 bridgehead atoms. The van der Waals surface area contributed by atoms with Gasteiger partial charge >= 0.3 is 0 Å². The van der Waals surface area contributed by atoms with E-state index in [-0.39, 0.29) is 0 Å². The van der Waals surface area contributed by atoms with E-state index >= 15 is 0 Å². The summed E-state index contributed by atoms with van der Waals surface area (Å²) >= 11 is 0. The molecule has 0 spiro atoms. The Kier molecular flexibility index (Phi) is 1.18. The normalized spacial score (nSPS) is 10.2. The molecule has 0 unspecified atom stereocenters. The van der Waals surface area contributed by atoms with Crippen LogP contribution in [0.4, 0.5) is 5.69 Å². The van der Waals surface area contributed by atoms with Gasteiger partial charge in [0.25, 0.3) is 0 Å². The molecular formula is C7H8N4. The average Bonchev–Trinajstić information content (AvgIpc) is 2.55. The number of aromatic nitrogens is 3. The number of H-pyrrole nitrogens is 1. The SMILES string of the molecule is Nc1c[nH]c(-n2ccnc2)c1. The van der Waals surface area contributed by atoms with Crippen LogP contribution in [0.25, 0.3) is 5.82 Å². The smallest absolute Gasteiger partial charge is 0.117 e.